The van der Waals surface area contributed by atoms with Gasteiger partial charge in [0.25, 0.3) is 0 Å². The van der Waals surface area contributed by atoms with Gasteiger partial charge in [-0.05, 0) is 32.6 Å². The molecular weight excluding hydrogens is 497 g/mol. The van der Waals surface area contributed by atoms with Crippen molar-refractivity contribution < 1.29 is 0 Å². The number of hydrogen-bond acceptors (Lipinski definition) is 5. The average molecular weight is 532 g/mol. The summed E-state index contributed by atoms with van der Waals surface area (Å²) in [5.74, 6) is 3.18. The number of nitrogens with one attached hydrogen (secondary N) is 2. The Morgan fingerprint density at radius 1 is 1.17 bits per heavy atom. The monoisotopic (exact) mass is 531 g/mol. The van der Waals surface area contributed by atoms with Crippen molar-refractivity contribution in [1.82, 2.24) is 30.4 Å². The van der Waals surface area contributed by atoms with Gasteiger partial charge in [0, 0.05) is 56.5 Å². The summed E-state index contributed by atoms with van der Waals surface area (Å²) in [7, 11) is 0. The molecule has 2 aromatic rings. The molecule has 0 atom stereocenters. The predicted octanol–water partition coefficient (Wildman–Crippen LogP) is 3.37. The standard InChI is InChI=1S/C20H33N7S.HI/c1-3-16-15-24-19(28-16)11-13-23-20(21-4-2)22-12-8-10-18-26-25-17-9-6-5-7-14-27(17)18;/h15H,3-14H2,1-2H3,(H2,21,22,23);1H. The second-order valence-electron chi connectivity index (χ2n) is 7.11. The highest BCUT2D eigenvalue weighted by atomic mass is 127. The first-order chi connectivity index (χ1) is 13.8. The molecule has 7 nitrogen and oxygen atoms in total. The summed E-state index contributed by atoms with van der Waals surface area (Å²) in [6.07, 6.45) is 10.8. The molecule has 0 aliphatic carbocycles. The van der Waals surface area contributed by atoms with E-state index in [-0.39, 0.29) is 24.0 Å². The van der Waals surface area contributed by atoms with Crippen LogP contribution in [0, 0.1) is 0 Å². The van der Waals surface area contributed by atoms with E-state index in [4.69, 9.17) is 4.99 Å². The van der Waals surface area contributed by atoms with Crippen molar-refractivity contribution in [2.24, 2.45) is 4.99 Å². The minimum absolute atomic E-state index is 0. The third-order valence-corrected chi connectivity index (χ3v) is 6.14. The highest BCUT2D eigenvalue weighted by molar-refractivity contribution is 14.0. The number of aryl methyl sites for hydroxylation is 3. The predicted molar refractivity (Wildman–Crippen MR) is 130 cm³/mol. The van der Waals surface area contributed by atoms with Gasteiger partial charge in [0.15, 0.2) is 5.96 Å². The van der Waals surface area contributed by atoms with Gasteiger partial charge < -0.3 is 15.2 Å². The lowest BCUT2D eigenvalue weighted by atomic mass is 10.2. The number of thiazole rings is 1. The summed E-state index contributed by atoms with van der Waals surface area (Å²) in [6.45, 7) is 7.83. The van der Waals surface area contributed by atoms with E-state index in [1.54, 1.807) is 11.3 Å². The summed E-state index contributed by atoms with van der Waals surface area (Å²) < 4.78 is 2.33. The molecule has 0 fully saturated rings. The lowest BCUT2D eigenvalue weighted by molar-refractivity contribution is 0.597. The van der Waals surface area contributed by atoms with Crippen LogP contribution in [0.1, 0.15) is 61.1 Å². The number of hydrogen-bond donors (Lipinski definition) is 2. The molecule has 29 heavy (non-hydrogen) atoms. The van der Waals surface area contributed by atoms with Gasteiger partial charge >= 0.3 is 0 Å². The molecule has 162 valence electrons. The van der Waals surface area contributed by atoms with Gasteiger partial charge in [-0.1, -0.05) is 13.3 Å². The zero-order chi connectivity index (χ0) is 19.6. The van der Waals surface area contributed by atoms with Crippen LogP contribution >= 0.6 is 35.3 Å². The van der Waals surface area contributed by atoms with Gasteiger partial charge in [-0.25, -0.2) is 4.98 Å². The normalized spacial score (nSPS) is 14.1. The van der Waals surface area contributed by atoms with Crippen molar-refractivity contribution >= 4 is 41.3 Å². The van der Waals surface area contributed by atoms with Crippen molar-refractivity contribution in [1.29, 1.82) is 0 Å². The van der Waals surface area contributed by atoms with Crippen LogP contribution in [0.3, 0.4) is 0 Å². The van der Waals surface area contributed by atoms with Crippen LogP contribution in [-0.2, 0) is 32.2 Å². The molecule has 0 spiro atoms. The van der Waals surface area contributed by atoms with Crippen LogP contribution in [-0.4, -0.2) is 45.3 Å². The maximum Gasteiger partial charge on any atom is 0.191 e. The van der Waals surface area contributed by atoms with Crippen LogP contribution in [0.4, 0.5) is 0 Å². The summed E-state index contributed by atoms with van der Waals surface area (Å²) >= 11 is 1.80. The average Bonchev–Trinajstić information content (AvgIpc) is 3.25. The van der Waals surface area contributed by atoms with Crippen LogP contribution in [0.15, 0.2) is 11.2 Å². The lowest BCUT2D eigenvalue weighted by Gasteiger charge is -2.10. The molecule has 3 rings (SSSR count). The van der Waals surface area contributed by atoms with Gasteiger partial charge in [-0.3, -0.25) is 4.99 Å². The molecule has 1 aliphatic heterocycles. The quantitative estimate of drug-likeness (QED) is 0.225. The van der Waals surface area contributed by atoms with Gasteiger partial charge in [0.1, 0.15) is 11.6 Å². The Labute approximate surface area is 195 Å². The van der Waals surface area contributed by atoms with E-state index in [9.17, 15) is 0 Å². The summed E-state index contributed by atoms with van der Waals surface area (Å²) in [5, 5.41) is 16.7. The number of rotatable bonds is 9. The number of aromatic nitrogens is 4. The number of guanidine groups is 1. The number of nitrogens with zero attached hydrogens (tertiary/aromatic N) is 5. The molecule has 0 radical (unpaired) electrons. The Morgan fingerprint density at radius 3 is 2.86 bits per heavy atom. The molecule has 0 saturated heterocycles. The van der Waals surface area contributed by atoms with E-state index in [0.29, 0.717) is 0 Å². The molecule has 3 heterocycles. The largest absolute Gasteiger partial charge is 0.357 e. The summed E-state index contributed by atoms with van der Waals surface area (Å²) in [4.78, 5) is 10.5. The van der Waals surface area contributed by atoms with Gasteiger partial charge in [0.2, 0.25) is 0 Å². The van der Waals surface area contributed by atoms with E-state index in [1.165, 1.54) is 35.0 Å². The third-order valence-electron chi connectivity index (χ3n) is 4.94. The molecule has 2 N–H and O–H groups in total. The number of fused-ring (bicyclic) bond motifs is 1. The Kier molecular flexibility index (Phi) is 10.9. The minimum Gasteiger partial charge on any atom is -0.357 e. The molecular formula is C20H34IN7S. The van der Waals surface area contributed by atoms with Gasteiger partial charge in [-0.15, -0.1) is 45.5 Å². The Balaban J connectivity index is 0.00000300. The van der Waals surface area contributed by atoms with Crippen molar-refractivity contribution in [3.8, 4) is 0 Å². The maximum absolute atomic E-state index is 4.72. The highest BCUT2D eigenvalue weighted by Gasteiger charge is 2.14. The Hall–Kier alpha value is -1.23. The summed E-state index contributed by atoms with van der Waals surface area (Å²) in [5.41, 5.74) is 0. The molecule has 9 heteroatoms. The smallest absolute Gasteiger partial charge is 0.191 e. The number of aliphatic imine (C=N–C) groups is 1. The van der Waals surface area contributed by atoms with Crippen LogP contribution in [0.5, 0.6) is 0 Å². The first kappa shape index (κ1) is 24.0. The van der Waals surface area contributed by atoms with E-state index in [0.717, 1.165) is 70.1 Å². The topological polar surface area (TPSA) is 80.0 Å². The minimum atomic E-state index is 0. The molecule has 2 aromatic heterocycles. The van der Waals surface area contributed by atoms with Crippen LogP contribution in [0.25, 0.3) is 0 Å². The fourth-order valence-corrected chi connectivity index (χ4v) is 4.28. The zero-order valence-electron chi connectivity index (χ0n) is 17.6. The van der Waals surface area contributed by atoms with Gasteiger partial charge in [-0.2, -0.15) is 0 Å². The van der Waals surface area contributed by atoms with Gasteiger partial charge in [0.05, 0.1) is 5.01 Å². The SMILES string of the molecule is CCNC(=NCCCc1nnc2n1CCCCC2)NCCc1ncc(CC)s1.I. The first-order valence-corrected chi connectivity index (χ1v) is 11.5. The van der Waals surface area contributed by atoms with Crippen molar-refractivity contribution in [3.63, 3.8) is 0 Å². The fourth-order valence-electron chi connectivity index (χ4n) is 3.41. The second-order valence-corrected chi connectivity index (χ2v) is 8.31. The van der Waals surface area contributed by atoms with Crippen LogP contribution in [0.2, 0.25) is 0 Å². The second kappa shape index (κ2) is 13.1. The zero-order valence-corrected chi connectivity index (χ0v) is 20.8. The van der Waals surface area contributed by atoms with E-state index in [1.807, 2.05) is 6.20 Å². The molecule has 1 aliphatic rings. The highest BCUT2D eigenvalue weighted by Crippen LogP contribution is 2.15. The van der Waals surface area contributed by atoms with Crippen LogP contribution < -0.4 is 10.6 Å². The van der Waals surface area contributed by atoms with Crippen molar-refractivity contribution in [3.05, 3.63) is 27.7 Å². The Bertz CT molecular complexity index is 756. The van der Waals surface area contributed by atoms with E-state index in [2.05, 4.69) is 44.2 Å². The third kappa shape index (κ3) is 7.51. The molecule has 0 amide bonds. The molecule has 0 unspecified atom stereocenters. The van der Waals surface area contributed by atoms with Crippen molar-refractivity contribution in [2.75, 3.05) is 19.6 Å². The maximum atomic E-state index is 4.72. The van der Waals surface area contributed by atoms with E-state index < -0.39 is 0 Å². The molecule has 0 aromatic carbocycles. The molecule has 0 saturated carbocycles. The van der Waals surface area contributed by atoms with Crippen molar-refractivity contribution in [2.45, 2.75) is 71.8 Å². The lowest BCUT2D eigenvalue weighted by Crippen LogP contribution is -2.38. The fraction of sp³-hybridized carbons (Fsp3) is 0.700. The Morgan fingerprint density at radius 2 is 2.07 bits per heavy atom. The first-order valence-electron chi connectivity index (χ1n) is 10.7. The molecule has 0 bridgehead atoms. The van der Waals surface area contributed by atoms with E-state index >= 15 is 0 Å². The summed E-state index contributed by atoms with van der Waals surface area (Å²) in [6, 6.07) is 0. The number of halogens is 1.